The van der Waals surface area contributed by atoms with Gasteiger partial charge in [0.1, 0.15) is 24.2 Å². The van der Waals surface area contributed by atoms with Crippen LogP contribution >= 0.6 is 15.9 Å². The largest absolute Gasteiger partial charge is 0.491 e. The Morgan fingerprint density at radius 2 is 2.12 bits per heavy atom. The first-order valence-corrected chi connectivity index (χ1v) is 7.65. The number of carbonyl (C=O) groups is 1. The number of aromatic nitrogens is 1. The molecule has 1 amide bonds. The van der Waals surface area contributed by atoms with E-state index in [1.54, 1.807) is 12.3 Å². The van der Waals surface area contributed by atoms with Crippen molar-refractivity contribution in [3.63, 3.8) is 0 Å². The Labute approximate surface area is 144 Å². The fraction of sp³-hybridized carbons (Fsp3) is 0.267. The number of rotatable bonds is 6. The van der Waals surface area contributed by atoms with E-state index in [1.807, 2.05) is 0 Å². The number of halogens is 4. The Kier molecular flexibility index (Phi) is 5.89. The molecule has 0 spiro atoms. The first kappa shape index (κ1) is 18.3. The second kappa shape index (κ2) is 7.71. The standard InChI is InChI=1S/C15H14BrF3N2O3/c16-10-5-13(20-6-10)14(23)21-7-11(22)8-24-12-3-1-2-9(4-12)15(17,18)19/h1-6,11,20,22H,7-8H2,(H,21,23). The molecule has 2 rings (SSSR count). The molecule has 2 aromatic rings. The second-order valence-corrected chi connectivity index (χ2v) is 5.85. The minimum absolute atomic E-state index is 0.0106. The highest BCUT2D eigenvalue weighted by molar-refractivity contribution is 9.10. The van der Waals surface area contributed by atoms with Gasteiger partial charge in [-0.3, -0.25) is 4.79 Å². The third-order valence-electron chi connectivity index (χ3n) is 2.99. The molecule has 0 aliphatic carbocycles. The summed E-state index contributed by atoms with van der Waals surface area (Å²) in [5, 5.41) is 12.2. The number of aliphatic hydroxyl groups excluding tert-OH is 1. The zero-order valence-corrected chi connectivity index (χ0v) is 13.8. The molecule has 3 N–H and O–H groups in total. The molecular weight excluding hydrogens is 393 g/mol. The number of benzene rings is 1. The quantitative estimate of drug-likeness (QED) is 0.690. The van der Waals surface area contributed by atoms with Crippen LogP contribution in [-0.2, 0) is 6.18 Å². The molecule has 130 valence electrons. The van der Waals surface area contributed by atoms with Crippen molar-refractivity contribution >= 4 is 21.8 Å². The van der Waals surface area contributed by atoms with Gasteiger partial charge in [0.15, 0.2) is 0 Å². The molecule has 9 heteroatoms. The van der Waals surface area contributed by atoms with Gasteiger partial charge in [0.25, 0.3) is 5.91 Å². The van der Waals surface area contributed by atoms with Crippen LogP contribution in [0.15, 0.2) is 41.0 Å². The molecule has 5 nitrogen and oxygen atoms in total. The van der Waals surface area contributed by atoms with Crippen LogP contribution in [0.2, 0.25) is 0 Å². The highest BCUT2D eigenvalue weighted by atomic mass is 79.9. The molecule has 0 saturated carbocycles. The summed E-state index contributed by atoms with van der Waals surface area (Å²) >= 11 is 3.19. The van der Waals surface area contributed by atoms with Crippen LogP contribution in [0.4, 0.5) is 13.2 Å². The number of alkyl halides is 3. The molecule has 24 heavy (non-hydrogen) atoms. The van der Waals surface area contributed by atoms with Crippen molar-refractivity contribution in [3.8, 4) is 5.75 Å². The summed E-state index contributed by atoms with van der Waals surface area (Å²) in [6, 6.07) is 5.92. The number of hydrogen-bond acceptors (Lipinski definition) is 3. The normalized spacial score (nSPS) is 12.7. The number of nitrogens with one attached hydrogen (secondary N) is 2. The number of H-pyrrole nitrogens is 1. The van der Waals surface area contributed by atoms with Crippen molar-refractivity contribution in [2.75, 3.05) is 13.2 Å². The van der Waals surface area contributed by atoms with Crippen molar-refractivity contribution in [1.29, 1.82) is 0 Å². The molecule has 1 heterocycles. The lowest BCUT2D eigenvalue weighted by atomic mass is 10.2. The minimum Gasteiger partial charge on any atom is -0.491 e. The molecule has 0 radical (unpaired) electrons. The van der Waals surface area contributed by atoms with E-state index in [-0.39, 0.29) is 18.9 Å². The zero-order valence-electron chi connectivity index (χ0n) is 12.2. The summed E-state index contributed by atoms with van der Waals surface area (Å²) < 4.78 is 43.6. The number of ether oxygens (including phenoxy) is 1. The summed E-state index contributed by atoms with van der Waals surface area (Å²) in [5.41, 5.74) is -0.520. The Bertz CT molecular complexity index is 703. The van der Waals surface area contributed by atoms with Gasteiger partial charge < -0.3 is 20.1 Å². The maximum Gasteiger partial charge on any atom is 0.416 e. The lowest BCUT2D eigenvalue weighted by Gasteiger charge is -2.14. The molecule has 0 bridgehead atoms. The molecule has 1 atom stereocenters. The summed E-state index contributed by atoms with van der Waals surface area (Å²) in [6.45, 7) is -0.357. The smallest absolute Gasteiger partial charge is 0.416 e. The van der Waals surface area contributed by atoms with Crippen LogP contribution in [0, 0.1) is 0 Å². The van der Waals surface area contributed by atoms with E-state index in [2.05, 4.69) is 26.2 Å². The predicted octanol–water partition coefficient (Wildman–Crippen LogP) is 2.97. The molecule has 1 aromatic carbocycles. The third-order valence-corrected chi connectivity index (χ3v) is 3.45. The highest BCUT2D eigenvalue weighted by Gasteiger charge is 2.30. The van der Waals surface area contributed by atoms with E-state index >= 15 is 0 Å². The molecule has 0 aliphatic rings. The number of hydrogen-bond donors (Lipinski definition) is 3. The average Bonchev–Trinajstić information content (AvgIpc) is 2.96. The van der Waals surface area contributed by atoms with Crippen LogP contribution in [-0.4, -0.2) is 35.3 Å². The first-order chi connectivity index (χ1) is 11.3. The average molecular weight is 407 g/mol. The van der Waals surface area contributed by atoms with Crippen LogP contribution < -0.4 is 10.1 Å². The summed E-state index contributed by atoms with van der Waals surface area (Å²) in [4.78, 5) is 14.5. The maximum atomic E-state index is 12.6. The highest BCUT2D eigenvalue weighted by Crippen LogP contribution is 2.31. The van der Waals surface area contributed by atoms with Gasteiger partial charge in [-0.1, -0.05) is 6.07 Å². The first-order valence-electron chi connectivity index (χ1n) is 6.86. The van der Waals surface area contributed by atoms with Gasteiger partial charge in [-0.2, -0.15) is 13.2 Å². The molecule has 0 aliphatic heterocycles. The Morgan fingerprint density at radius 3 is 2.75 bits per heavy atom. The lowest BCUT2D eigenvalue weighted by Crippen LogP contribution is -2.35. The molecule has 1 unspecified atom stereocenters. The number of aliphatic hydroxyl groups is 1. The van der Waals surface area contributed by atoms with Gasteiger partial charge in [-0.15, -0.1) is 0 Å². The van der Waals surface area contributed by atoms with Crippen LogP contribution in [0.5, 0.6) is 5.75 Å². The predicted molar refractivity (Wildman–Crippen MR) is 83.8 cm³/mol. The van der Waals surface area contributed by atoms with Gasteiger partial charge in [-0.05, 0) is 40.2 Å². The fourth-order valence-electron chi connectivity index (χ4n) is 1.82. The van der Waals surface area contributed by atoms with Crippen molar-refractivity contribution in [2.45, 2.75) is 12.3 Å². The summed E-state index contributed by atoms with van der Waals surface area (Å²) in [6.07, 6.45) is -3.94. The molecule has 0 saturated heterocycles. The van der Waals surface area contributed by atoms with Crippen molar-refractivity contribution < 1.29 is 27.8 Å². The Balaban J connectivity index is 1.81. The lowest BCUT2D eigenvalue weighted by molar-refractivity contribution is -0.137. The summed E-state index contributed by atoms with van der Waals surface area (Å²) in [5.74, 6) is -0.428. The number of carbonyl (C=O) groups excluding carboxylic acids is 1. The van der Waals surface area contributed by atoms with Gasteiger partial charge in [0.2, 0.25) is 0 Å². The van der Waals surface area contributed by atoms with Gasteiger partial charge in [0.05, 0.1) is 5.56 Å². The van der Waals surface area contributed by atoms with Gasteiger partial charge in [-0.25, -0.2) is 0 Å². The van der Waals surface area contributed by atoms with Gasteiger partial charge >= 0.3 is 6.18 Å². The van der Waals surface area contributed by atoms with Crippen molar-refractivity contribution in [1.82, 2.24) is 10.3 Å². The second-order valence-electron chi connectivity index (χ2n) is 4.93. The molecule has 1 aromatic heterocycles. The van der Waals surface area contributed by atoms with Crippen molar-refractivity contribution in [3.05, 3.63) is 52.3 Å². The molecular formula is C15H14BrF3N2O3. The minimum atomic E-state index is -4.46. The van der Waals surface area contributed by atoms with E-state index in [0.717, 1.165) is 12.1 Å². The van der Waals surface area contributed by atoms with Gasteiger partial charge in [0, 0.05) is 17.2 Å². The molecule has 0 fully saturated rings. The zero-order chi connectivity index (χ0) is 17.7. The number of amides is 1. The van der Waals surface area contributed by atoms with E-state index in [9.17, 15) is 23.1 Å². The number of aromatic amines is 1. The van der Waals surface area contributed by atoms with Crippen LogP contribution in [0.1, 0.15) is 16.1 Å². The van der Waals surface area contributed by atoms with Crippen molar-refractivity contribution in [2.24, 2.45) is 0 Å². The topological polar surface area (TPSA) is 74.3 Å². The van der Waals surface area contributed by atoms with Crippen LogP contribution in [0.3, 0.4) is 0 Å². The third kappa shape index (κ3) is 5.27. The maximum absolute atomic E-state index is 12.6. The summed E-state index contributed by atoms with van der Waals surface area (Å²) in [7, 11) is 0. The fourth-order valence-corrected chi connectivity index (χ4v) is 2.16. The Morgan fingerprint density at radius 1 is 1.38 bits per heavy atom. The Hall–Kier alpha value is -2.00. The SMILES string of the molecule is O=C(NCC(O)COc1cccc(C(F)(F)F)c1)c1cc(Br)c[nH]1. The van der Waals surface area contributed by atoms with Crippen LogP contribution in [0.25, 0.3) is 0 Å². The van der Waals surface area contributed by atoms with E-state index in [0.29, 0.717) is 10.2 Å². The monoisotopic (exact) mass is 406 g/mol. The van der Waals surface area contributed by atoms with E-state index in [1.165, 1.54) is 12.1 Å². The van der Waals surface area contributed by atoms with E-state index in [4.69, 9.17) is 4.74 Å². The van der Waals surface area contributed by atoms with E-state index < -0.39 is 23.8 Å².